The maximum atomic E-state index is 10.5. The van der Waals surface area contributed by atoms with Crippen molar-refractivity contribution in [2.24, 2.45) is 4.99 Å². The van der Waals surface area contributed by atoms with Crippen LogP contribution >= 0.6 is 0 Å². The summed E-state index contributed by atoms with van der Waals surface area (Å²) in [4.78, 5) is 4.46. The minimum Gasteiger partial charge on any atom is -0.493 e. The molecule has 0 bridgehead atoms. The van der Waals surface area contributed by atoms with Crippen LogP contribution in [0.4, 0.5) is 5.82 Å². The number of aromatic nitrogens is 1. The smallest absolute Gasteiger partial charge is 0.155 e. The van der Waals surface area contributed by atoms with E-state index in [1.165, 1.54) is 6.34 Å². The van der Waals surface area contributed by atoms with Gasteiger partial charge in [0, 0.05) is 23.9 Å². The molecule has 0 amide bonds. The Bertz CT molecular complexity index is 963. The van der Waals surface area contributed by atoms with E-state index in [1.54, 1.807) is 6.92 Å². The number of benzene rings is 2. The summed E-state index contributed by atoms with van der Waals surface area (Å²) in [5, 5.41) is 22.7. The first-order valence-corrected chi connectivity index (χ1v) is 9.32. The zero-order chi connectivity index (χ0) is 19.5. The van der Waals surface area contributed by atoms with E-state index < -0.39 is 6.23 Å². The van der Waals surface area contributed by atoms with Gasteiger partial charge in [-0.05, 0) is 36.8 Å². The van der Waals surface area contributed by atoms with Crippen LogP contribution in [0.15, 0.2) is 65.8 Å². The van der Waals surface area contributed by atoms with Gasteiger partial charge < -0.3 is 24.8 Å². The quantitative estimate of drug-likeness (QED) is 0.614. The number of aliphatic hydroxyl groups excluding tert-OH is 2. The highest BCUT2D eigenvalue weighted by atomic mass is 16.5. The zero-order valence-electron chi connectivity index (χ0n) is 15.6. The molecule has 2 heterocycles. The van der Waals surface area contributed by atoms with Crippen LogP contribution in [0.1, 0.15) is 25.1 Å². The SMILES string of the molecule is C[C@H](O)CCOc1ccc(-c2cn(-c3ccccc3)c3c2C(O)NC=N3)cc1. The van der Waals surface area contributed by atoms with Crippen molar-refractivity contribution in [3.63, 3.8) is 0 Å². The number of hydrogen-bond acceptors (Lipinski definition) is 5. The predicted molar refractivity (Wildman–Crippen MR) is 109 cm³/mol. The summed E-state index contributed by atoms with van der Waals surface area (Å²) in [5.41, 5.74) is 3.60. The van der Waals surface area contributed by atoms with E-state index >= 15 is 0 Å². The molecule has 0 fully saturated rings. The summed E-state index contributed by atoms with van der Waals surface area (Å²) in [6.45, 7) is 2.21. The molecule has 0 radical (unpaired) electrons. The van der Waals surface area contributed by atoms with Crippen LogP contribution in [-0.4, -0.2) is 33.8 Å². The maximum absolute atomic E-state index is 10.5. The van der Waals surface area contributed by atoms with Gasteiger partial charge in [-0.1, -0.05) is 30.3 Å². The van der Waals surface area contributed by atoms with Crippen molar-refractivity contribution in [2.75, 3.05) is 6.61 Å². The van der Waals surface area contributed by atoms with Crippen molar-refractivity contribution in [1.29, 1.82) is 0 Å². The molecule has 0 aliphatic carbocycles. The topological polar surface area (TPSA) is 79.0 Å². The summed E-state index contributed by atoms with van der Waals surface area (Å²) >= 11 is 0. The Morgan fingerprint density at radius 2 is 1.89 bits per heavy atom. The average Bonchev–Trinajstić information content (AvgIpc) is 3.10. The van der Waals surface area contributed by atoms with Crippen LogP contribution in [-0.2, 0) is 0 Å². The number of para-hydroxylation sites is 1. The highest BCUT2D eigenvalue weighted by molar-refractivity contribution is 5.79. The highest BCUT2D eigenvalue weighted by Crippen LogP contribution is 2.40. The normalized spacial score (nSPS) is 16.3. The van der Waals surface area contributed by atoms with Crippen LogP contribution < -0.4 is 10.1 Å². The standard InChI is InChI=1S/C22H23N3O3/c1-15(26)11-12-28-18-9-7-16(8-10-18)19-13-25(17-5-3-2-4-6-17)21-20(19)22(27)24-14-23-21/h2-10,13-15,22,26-27H,11-12H2,1H3,(H,23,24)/t15-,22?/m0/s1. The Morgan fingerprint density at radius 3 is 2.61 bits per heavy atom. The van der Waals surface area contributed by atoms with Gasteiger partial charge in [0.25, 0.3) is 0 Å². The Morgan fingerprint density at radius 1 is 1.14 bits per heavy atom. The molecule has 4 rings (SSSR count). The molecular weight excluding hydrogens is 354 g/mol. The molecular formula is C22H23N3O3. The minimum absolute atomic E-state index is 0.377. The lowest BCUT2D eigenvalue weighted by Gasteiger charge is -2.18. The van der Waals surface area contributed by atoms with Crippen LogP contribution in [0, 0.1) is 0 Å². The number of nitrogens with zero attached hydrogens (tertiary/aromatic N) is 2. The molecule has 6 heteroatoms. The number of hydrogen-bond donors (Lipinski definition) is 3. The number of ether oxygens (including phenoxy) is 1. The monoisotopic (exact) mass is 377 g/mol. The van der Waals surface area contributed by atoms with Gasteiger partial charge in [-0.2, -0.15) is 0 Å². The van der Waals surface area contributed by atoms with Crippen molar-refractivity contribution in [2.45, 2.75) is 25.7 Å². The molecule has 0 saturated carbocycles. The first-order valence-electron chi connectivity index (χ1n) is 9.32. The summed E-state index contributed by atoms with van der Waals surface area (Å²) in [5.74, 6) is 1.46. The number of aliphatic hydroxyl groups is 2. The molecule has 28 heavy (non-hydrogen) atoms. The molecule has 0 saturated heterocycles. The first kappa shape index (κ1) is 18.3. The summed E-state index contributed by atoms with van der Waals surface area (Å²) < 4.78 is 7.65. The second kappa shape index (κ2) is 7.88. The summed E-state index contributed by atoms with van der Waals surface area (Å²) in [7, 11) is 0. The number of fused-ring (bicyclic) bond motifs is 1. The van der Waals surface area contributed by atoms with Crippen LogP contribution in [0.5, 0.6) is 5.75 Å². The largest absolute Gasteiger partial charge is 0.493 e. The van der Waals surface area contributed by atoms with E-state index in [9.17, 15) is 10.2 Å². The molecule has 3 N–H and O–H groups in total. The minimum atomic E-state index is -0.825. The van der Waals surface area contributed by atoms with E-state index in [2.05, 4.69) is 10.3 Å². The third-order valence-corrected chi connectivity index (χ3v) is 4.71. The Kier molecular flexibility index (Phi) is 5.14. The van der Waals surface area contributed by atoms with E-state index in [-0.39, 0.29) is 6.10 Å². The van der Waals surface area contributed by atoms with E-state index in [4.69, 9.17) is 4.74 Å². The highest BCUT2D eigenvalue weighted by Gasteiger charge is 2.25. The second-order valence-electron chi connectivity index (χ2n) is 6.82. The molecule has 1 aliphatic rings. The third-order valence-electron chi connectivity index (χ3n) is 4.71. The average molecular weight is 377 g/mol. The number of rotatable bonds is 6. The van der Waals surface area contributed by atoms with Gasteiger partial charge in [-0.3, -0.25) is 0 Å². The van der Waals surface area contributed by atoms with Crippen molar-refractivity contribution in [1.82, 2.24) is 9.88 Å². The van der Waals surface area contributed by atoms with Crippen LogP contribution in [0.2, 0.25) is 0 Å². The van der Waals surface area contributed by atoms with Gasteiger partial charge in [0.1, 0.15) is 11.6 Å². The van der Waals surface area contributed by atoms with Crippen LogP contribution in [0.3, 0.4) is 0 Å². The zero-order valence-corrected chi connectivity index (χ0v) is 15.6. The van der Waals surface area contributed by atoms with Crippen molar-refractivity contribution in [3.8, 4) is 22.6 Å². The van der Waals surface area contributed by atoms with Gasteiger partial charge in [-0.25, -0.2) is 4.99 Å². The van der Waals surface area contributed by atoms with Crippen molar-refractivity contribution >= 4 is 12.2 Å². The third kappa shape index (κ3) is 3.65. The second-order valence-corrected chi connectivity index (χ2v) is 6.82. The van der Waals surface area contributed by atoms with Gasteiger partial charge in [-0.15, -0.1) is 0 Å². The Labute approximate surface area is 163 Å². The lowest BCUT2D eigenvalue weighted by molar-refractivity contribution is 0.155. The molecule has 2 aromatic carbocycles. The number of nitrogens with one attached hydrogen (secondary N) is 1. The predicted octanol–water partition coefficient (Wildman–Crippen LogP) is 3.55. The lowest BCUT2D eigenvalue weighted by Crippen LogP contribution is -2.22. The maximum Gasteiger partial charge on any atom is 0.155 e. The molecule has 144 valence electrons. The molecule has 1 aliphatic heterocycles. The van der Waals surface area contributed by atoms with Gasteiger partial charge >= 0.3 is 0 Å². The Hall–Kier alpha value is -3.09. The summed E-state index contributed by atoms with van der Waals surface area (Å²) in [6, 6.07) is 17.7. The lowest BCUT2D eigenvalue weighted by atomic mass is 10.0. The molecule has 1 unspecified atom stereocenters. The molecule has 2 atom stereocenters. The Balaban J connectivity index is 1.68. The fourth-order valence-corrected chi connectivity index (χ4v) is 3.26. The van der Waals surface area contributed by atoms with E-state index in [1.807, 2.05) is 65.4 Å². The summed E-state index contributed by atoms with van der Waals surface area (Å²) in [6.07, 6.45) is 2.91. The first-order chi connectivity index (χ1) is 13.6. The van der Waals surface area contributed by atoms with Gasteiger partial charge in [0.05, 0.1) is 24.6 Å². The van der Waals surface area contributed by atoms with E-state index in [0.29, 0.717) is 18.8 Å². The number of aliphatic imine (C=N–C) groups is 1. The van der Waals surface area contributed by atoms with E-state index in [0.717, 1.165) is 28.1 Å². The molecule has 1 aromatic heterocycles. The van der Waals surface area contributed by atoms with Gasteiger partial charge in [0.15, 0.2) is 6.23 Å². The molecule has 3 aromatic rings. The fourth-order valence-electron chi connectivity index (χ4n) is 3.26. The van der Waals surface area contributed by atoms with Crippen molar-refractivity contribution in [3.05, 3.63) is 66.4 Å². The fraction of sp³-hybridized carbons (Fsp3) is 0.227. The molecule has 0 spiro atoms. The van der Waals surface area contributed by atoms with Crippen LogP contribution in [0.25, 0.3) is 16.8 Å². The van der Waals surface area contributed by atoms with Crippen molar-refractivity contribution < 1.29 is 14.9 Å². The molecule has 6 nitrogen and oxygen atoms in total. The van der Waals surface area contributed by atoms with Gasteiger partial charge in [0.2, 0.25) is 0 Å².